The second-order valence-electron chi connectivity index (χ2n) is 9.51. The third-order valence-corrected chi connectivity index (χ3v) is 6.75. The van der Waals surface area contributed by atoms with Crippen molar-refractivity contribution in [2.45, 2.75) is 25.9 Å². The van der Waals surface area contributed by atoms with Gasteiger partial charge in [-0.25, -0.2) is 9.97 Å². The molecule has 1 amide bonds. The maximum Gasteiger partial charge on any atom is 0.416 e. The van der Waals surface area contributed by atoms with Gasteiger partial charge in [0, 0.05) is 35.9 Å². The second-order valence-corrected chi connectivity index (χ2v) is 9.51. The lowest BCUT2D eigenvalue weighted by Gasteiger charge is -2.15. The van der Waals surface area contributed by atoms with Crippen LogP contribution in [-0.4, -0.2) is 47.0 Å². The number of alkyl halides is 3. The molecule has 1 fully saturated rings. The Morgan fingerprint density at radius 1 is 1.03 bits per heavy atom. The standard InChI is InChI=1S/C29H28F3N5O/c1-19-7-8-21(27(38)35-24-6-4-5-23(17-24)29(30,31)32)16-25(19)20-9-10-26-22(15-20)18-34-28(36-26)33-11-14-37-12-2-3-13-37/h4-10,15-18H,2-3,11-14H2,1H3,(H,35,38)(H,33,34,36). The number of nitrogens with zero attached hydrogens (tertiary/aromatic N) is 3. The van der Waals surface area contributed by atoms with Crippen LogP contribution in [0.4, 0.5) is 24.8 Å². The molecule has 4 aromatic rings. The summed E-state index contributed by atoms with van der Waals surface area (Å²) >= 11 is 0. The van der Waals surface area contributed by atoms with Crippen LogP contribution < -0.4 is 10.6 Å². The number of nitrogens with one attached hydrogen (secondary N) is 2. The summed E-state index contributed by atoms with van der Waals surface area (Å²) in [4.78, 5) is 24.4. The molecule has 196 valence electrons. The van der Waals surface area contributed by atoms with Crippen molar-refractivity contribution in [3.05, 3.63) is 83.6 Å². The summed E-state index contributed by atoms with van der Waals surface area (Å²) in [6.45, 7) is 6.00. The van der Waals surface area contributed by atoms with Crippen LogP contribution in [0.5, 0.6) is 0 Å². The van der Waals surface area contributed by atoms with E-state index in [0.29, 0.717) is 11.5 Å². The molecular formula is C29H28F3N5O. The number of halogens is 3. The maximum atomic E-state index is 13.0. The van der Waals surface area contributed by atoms with Crippen LogP contribution in [0.1, 0.15) is 34.3 Å². The number of carbonyl (C=O) groups excluding carboxylic acids is 1. The molecule has 1 aromatic heterocycles. The Balaban J connectivity index is 1.32. The van der Waals surface area contributed by atoms with Crippen molar-refractivity contribution in [3.8, 4) is 11.1 Å². The molecule has 0 aliphatic carbocycles. The van der Waals surface area contributed by atoms with Crippen molar-refractivity contribution in [2.24, 2.45) is 0 Å². The molecule has 2 heterocycles. The minimum Gasteiger partial charge on any atom is -0.353 e. The van der Waals surface area contributed by atoms with Crippen molar-refractivity contribution in [1.29, 1.82) is 0 Å². The number of carbonyl (C=O) groups is 1. The minimum atomic E-state index is -4.48. The van der Waals surface area contributed by atoms with Gasteiger partial charge in [-0.15, -0.1) is 0 Å². The third kappa shape index (κ3) is 5.94. The van der Waals surface area contributed by atoms with Gasteiger partial charge in [0.25, 0.3) is 5.91 Å². The number of anilines is 2. The van der Waals surface area contributed by atoms with Gasteiger partial charge in [0.2, 0.25) is 5.95 Å². The zero-order valence-electron chi connectivity index (χ0n) is 21.0. The number of hydrogen-bond donors (Lipinski definition) is 2. The molecule has 0 radical (unpaired) electrons. The first-order valence-electron chi connectivity index (χ1n) is 12.6. The quantitative estimate of drug-likeness (QED) is 0.296. The highest BCUT2D eigenvalue weighted by Gasteiger charge is 2.30. The Morgan fingerprint density at radius 2 is 1.84 bits per heavy atom. The van der Waals surface area contributed by atoms with Gasteiger partial charge in [-0.1, -0.05) is 18.2 Å². The number of hydrogen-bond acceptors (Lipinski definition) is 5. The van der Waals surface area contributed by atoms with Gasteiger partial charge in [0.15, 0.2) is 0 Å². The summed E-state index contributed by atoms with van der Waals surface area (Å²) in [5.41, 5.74) is 3.11. The molecule has 9 heteroatoms. The molecule has 3 aromatic carbocycles. The van der Waals surface area contributed by atoms with Crippen molar-refractivity contribution < 1.29 is 18.0 Å². The Bertz CT molecular complexity index is 1460. The number of fused-ring (bicyclic) bond motifs is 1. The SMILES string of the molecule is Cc1ccc(C(=O)Nc2cccc(C(F)(F)F)c2)cc1-c1ccc2nc(NCCN3CCCC3)ncc2c1. The third-order valence-electron chi connectivity index (χ3n) is 6.75. The van der Waals surface area contributed by atoms with Crippen molar-refractivity contribution in [1.82, 2.24) is 14.9 Å². The molecule has 0 bridgehead atoms. The second kappa shape index (κ2) is 10.8. The first-order valence-corrected chi connectivity index (χ1v) is 12.6. The zero-order valence-corrected chi connectivity index (χ0v) is 21.0. The molecule has 0 spiro atoms. The van der Waals surface area contributed by atoms with Gasteiger partial charge in [-0.2, -0.15) is 13.2 Å². The first-order chi connectivity index (χ1) is 18.3. The van der Waals surface area contributed by atoms with E-state index >= 15 is 0 Å². The van der Waals surface area contributed by atoms with Crippen molar-refractivity contribution >= 4 is 28.4 Å². The highest BCUT2D eigenvalue weighted by molar-refractivity contribution is 6.05. The molecule has 0 atom stereocenters. The van der Waals surface area contributed by atoms with Gasteiger partial charge >= 0.3 is 6.18 Å². The zero-order chi connectivity index (χ0) is 26.7. The van der Waals surface area contributed by atoms with E-state index in [2.05, 4.69) is 25.5 Å². The number of benzene rings is 3. The molecule has 6 nitrogen and oxygen atoms in total. The average Bonchev–Trinajstić information content (AvgIpc) is 3.42. The summed E-state index contributed by atoms with van der Waals surface area (Å²) in [6.07, 6.45) is -0.180. The highest BCUT2D eigenvalue weighted by atomic mass is 19.4. The molecule has 2 N–H and O–H groups in total. The van der Waals surface area contributed by atoms with Gasteiger partial charge in [0.1, 0.15) is 0 Å². The minimum absolute atomic E-state index is 0.0830. The van der Waals surface area contributed by atoms with E-state index in [1.807, 2.05) is 31.2 Å². The van der Waals surface area contributed by atoms with Gasteiger partial charge in [-0.05, 0) is 92.0 Å². The maximum absolute atomic E-state index is 13.0. The molecule has 38 heavy (non-hydrogen) atoms. The molecule has 1 aliphatic rings. The lowest BCUT2D eigenvalue weighted by molar-refractivity contribution is -0.137. The number of aromatic nitrogens is 2. The lowest BCUT2D eigenvalue weighted by atomic mass is 9.97. The monoisotopic (exact) mass is 519 g/mol. The molecular weight excluding hydrogens is 491 g/mol. The average molecular weight is 520 g/mol. The van der Waals surface area contributed by atoms with Crippen LogP contribution in [-0.2, 0) is 6.18 Å². The fourth-order valence-electron chi connectivity index (χ4n) is 4.67. The predicted molar refractivity (Wildman–Crippen MR) is 143 cm³/mol. The normalized spacial score (nSPS) is 14.1. The molecule has 0 saturated carbocycles. The topological polar surface area (TPSA) is 70.2 Å². The number of rotatable bonds is 7. The predicted octanol–water partition coefficient (Wildman–Crippen LogP) is 6.38. The van der Waals surface area contributed by atoms with E-state index in [4.69, 9.17) is 0 Å². The molecule has 0 unspecified atom stereocenters. The molecule has 1 aliphatic heterocycles. The van der Waals surface area contributed by atoms with Crippen LogP contribution in [0.25, 0.3) is 22.0 Å². The number of aryl methyl sites for hydroxylation is 1. The van der Waals surface area contributed by atoms with E-state index in [1.165, 1.54) is 25.0 Å². The lowest BCUT2D eigenvalue weighted by Crippen LogP contribution is -2.26. The summed E-state index contributed by atoms with van der Waals surface area (Å²) in [6, 6.07) is 15.7. The van der Waals surface area contributed by atoms with Gasteiger partial charge < -0.3 is 15.5 Å². The Morgan fingerprint density at radius 3 is 2.63 bits per heavy atom. The van der Waals surface area contributed by atoms with Crippen LogP contribution in [0, 0.1) is 6.92 Å². The molecule has 5 rings (SSSR count). The Labute approximate surface area is 218 Å². The van der Waals surface area contributed by atoms with Gasteiger partial charge in [-0.3, -0.25) is 4.79 Å². The fourth-order valence-corrected chi connectivity index (χ4v) is 4.67. The van der Waals surface area contributed by atoms with Crippen LogP contribution in [0.15, 0.2) is 66.9 Å². The first kappa shape index (κ1) is 25.7. The largest absolute Gasteiger partial charge is 0.416 e. The Kier molecular flexibility index (Phi) is 7.28. The fraction of sp³-hybridized carbons (Fsp3) is 0.276. The summed E-state index contributed by atoms with van der Waals surface area (Å²) < 4.78 is 39.1. The summed E-state index contributed by atoms with van der Waals surface area (Å²) in [7, 11) is 0. The number of likely N-dealkylation sites (tertiary alicyclic amines) is 1. The van der Waals surface area contributed by atoms with Crippen molar-refractivity contribution in [2.75, 3.05) is 36.8 Å². The smallest absolute Gasteiger partial charge is 0.353 e. The summed E-state index contributed by atoms with van der Waals surface area (Å²) in [5, 5.41) is 6.74. The van der Waals surface area contributed by atoms with Crippen LogP contribution in [0.2, 0.25) is 0 Å². The Hall–Kier alpha value is -3.98. The van der Waals surface area contributed by atoms with E-state index in [1.54, 1.807) is 18.3 Å². The van der Waals surface area contributed by atoms with E-state index in [-0.39, 0.29) is 5.69 Å². The molecule has 1 saturated heterocycles. The number of amides is 1. The summed E-state index contributed by atoms with van der Waals surface area (Å²) in [5.74, 6) is 0.105. The van der Waals surface area contributed by atoms with E-state index < -0.39 is 17.6 Å². The van der Waals surface area contributed by atoms with Crippen LogP contribution >= 0.6 is 0 Å². The van der Waals surface area contributed by atoms with Crippen molar-refractivity contribution in [3.63, 3.8) is 0 Å². The van der Waals surface area contributed by atoms with Gasteiger partial charge in [0.05, 0.1) is 11.1 Å². The van der Waals surface area contributed by atoms with Crippen LogP contribution in [0.3, 0.4) is 0 Å². The van der Waals surface area contributed by atoms with E-state index in [9.17, 15) is 18.0 Å². The highest BCUT2D eigenvalue weighted by Crippen LogP contribution is 2.31. The van der Waals surface area contributed by atoms with E-state index in [0.717, 1.165) is 65.9 Å².